The van der Waals surface area contributed by atoms with Gasteiger partial charge in [-0.1, -0.05) is 17.7 Å². The van der Waals surface area contributed by atoms with Gasteiger partial charge >= 0.3 is 6.18 Å². The predicted molar refractivity (Wildman–Crippen MR) is 126 cm³/mol. The van der Waals surface area contributed by atoms with Crippen molar-refractivity contribution in [3.05, 3.63) is 47.7 Å². The lowest BCUT2D eigenvalue weighted by molar-refractivity contribution is -0.137. The molecule has 35 heavy (non-hydrogen) atoms. The normalized spacial score (nSPS) is 17.9. The molecule has 1 saturated carbocycles. The quantitative estimate of drug-likeness (QED) is 0.510. The highest BCUT2D eigenvalue weighted by atomic mass is 19.4. The van der Waals surface area contributed by atoms with Gasteiger partial charge < -0.3 is 20.9 Å². The fourth-order valence-corrected chi connectivity index (χ4v) is 4.03. The van der Waals surface area contributed by atoms with Crippen LogP contribution in [0.5, 0.6) is 0 Å². The third-order valence-corrected chi connectivity index (χ3v) is 6.06. The lowest BCUT2D eigenvalue weighted by Gasteiger charge is -2.32. The van der Waals surface area contributed by atoms with Gasteiger partial charge in [-0.15, -0.1) is 0 Å². The number of piperidine rings is 1. The fraction of sp³-hybridized carbons (Fsp3) is 0.417. The first kappa shape index (κ1) is 24.5. The van der Waals surface area contributed by atoms with Crippen LogP contribution in [-0.2, 0) is 15.8 Å². The van der Waals surface area contributed by atoms with Crippen LogP contribution in [0, 0.1) is 0 Å². The smallest absolute Gasteiger partial charge is 0.350 e. The molecule has 0 spiro atoms. The standard InChI is InChI=1S/C24H27F3N6O2/c1-15(34)33-11-5-8-17(14-33)29-23-28-13-18(24(25,26)27)22(32-23)31-20-10-3-2-9-19(20)30-21(35)12-16-6-4-7-16/h2-3,9-10,12-13,17H,4-8,11,14H2,1H3,(H,30,35)(H2,28,29,31,32)/t17-/m0/s1. The van der Waals surface area contributed by atoms with Gasteiger partial charge in [0.05, 0.1) is 11.4 Å². The van der Waals surface area contributed by atoms with E-state index in [9.17, 15) is 22.8 Å². The molecule has 0 unspecified atom stereocenters. The molecule has 1 aliphatic heterocycles. The molecule has 2 aliphatic rings. The number of carbonyl (C=O) groups is 2. The Morgan fingerprint density at radius 1 is 1.14 bits per heavy atom. The summed E-state index contributed by atoms with van der Waals surface area (Å²) in [6.45, 7) is 2.55. The Bertz CT molecular complexity index is 1130. The van der Waals surface area contributed by atoms with Crippen LogP contribution >= 0.6 is 0 Å². The number of rotatable bonds is 6. The number of para-hydroxylation sites is 2. The maximum atomic E-state index is 13.7. The Morgan fingerprint density at radius 3 is 2.54 bits per heavy atom. The number of aromatic nitrogens is 2. The van der Waals surface area contributed by atoms with E-state index in [2.05, 4.69) is 25.9 Å². The molecule has 186 valence electrons. The number of alkyl halides is 3. The average Bonchev–Trinajstić information content (AvgIpc) is 2.77. The molecule has 4 rings (SSSR count). The van der Waals surface area contributed by atoms with Gasteiger partial charge in [-0.2, -0.15) is 18.2 Å². The van der Waals surface area contributed by atoms with Gasteiger partial charge in [0.1, 0.15) is 11.4 Å². The van der Waals surface area contributed by atoms with Crippen molar-refractivity contribution in [1.82, 2.24) is 14.9 Å². The minimum absolute atomic E-state index is 0.0205. The van der Waals surface area contributed by atoms with E-state index in [-0.39, 0.29) is 29.5 Å². The Kier molecular flexibility index (Phi) is 7.23. The van der Waals surface area contributed by atoms with Crippen molar-refractivity contribution < 1.29 is 22.8 Å². The van der Waals surface area contributed by atoms with Gasteiger partial charge in [-0.25, -0.2) is 4.98 Å². The zero-order valence-electron chi connectivity index (χ0n) is 19.3. The molecule has 2 aromatic rings. The van der Waals surface area contributed by atoms with Gasteiger partial charge in [-0.3, -0.25) is 9.59 Å². The maximum Gasteiger partial charge on any atom is 0.421 e. The summed E-state index contributed by atoms with van der Waals surface area (Å²) in [4.78, 5) is 33.7. The van der Waals surface area contributed by atoms with E-state index in [1.54, 1.807) is 29.2 Å². The van der Waals surface area contributed by atoms with Crippen molar-refractivity contribution in [1.29, 1.82) is 0 Å². The molecule has 3 N–H and O–H groups in total. The molecule has 1 aromatic heterocycles. The highest BCUT2D eigenvalue weighted by Crippen LogP contribution is 2.36. The molecule has 1 aromatic carbocycles. The molecule has 1 saturated heterocycles. The van der Waals surface area contributed by atoms with E-state index in [0.29, 0.717) is 18.8 Å². The van der Waals surface area contributed by atoms with E-state index in [0.717, 1.165) is 43.9 Å². The van der Waals surface area contributed by atoms with E-state index < -0.39 is 17.6 Å². The second kappa shape index (κ2) is 10.3. The highest BCUT2D eigenvalue weighted by molar-refractivity contribution is 6.02. The number of benzene rings is 1. The van der Waals surface area contributed by atoms with Crippen LogP contribution in [0.2, 0.25) is 0 Å². The summed E-state index contributed by atoms with van der Waals surface area (Å²) in [5.74, 6) is -0.804. The van der Waals surface area contributed by atoms with Crippen LogP contribution in [0.3, 0.4) is 0 Å². The molecule has 2 fully saturated rings. The third-order valence-electron chi connectivity index (χ3n) is 6.06. The second-order valence-corrected chi connectivity index (χ2v) is 8.72. The first-order chi connectivity index (χ1) is 16.7. The SMILES string of the molecule is CC(=O)N1CCC[C@H](Nc2ncc(C(F)(F)F)c(Nc3ccccc3NC(=O)C=C3CCC3)n2)C1. The van der Waals surface area contributed by atoms with Crippen LogP contribution in [0.25, 0.3) is 0 Å². The molecule has 2 heterocycles. The van der Waals surface area contributed by atoms with Crippen LogP contribution < -0.4 is 16.0 Å². The van der Waals surface area contributed by atoms with E-state index in [4.69, 9.17) is 0 Å². The van der Waals surface area contributed by atoms with Crippen LogP contribution in [-0.4, -0.2) is 45.8 Å². The molecule has 1 aliphatic carbocycles. The topological polar surface area (TPSA) is 99.3 Å². The van der Waals surface area contributed by atoms with Crippen LogP contribution in [0.1, 0.15) is 44.6 Å². The summed E-state index contributed by atoms with van der Waals surface area (Å²) in [5, 5.41) is 8.51. The van der Waals surface area contributed by atoms with Crippen molar-refractivity contribution >= 4 is 35.0 Å². The largest absolute Gasteiger partial charge is 0.421 e. The van der Waals surface area contributed by atoms with Gasteiger partial charge in [-0.05, 0) is 44.2 Å². The molecule has 11 heteroatoms. The van der Waals surface area contributed by atoms with Gasteiger partial charge in [0.15, 0.2) is 0 Å². The fourth-order valence-electron chi connectivity index (χ4n) is 4.03. The molecular weight excluding hydrogens is 461 g/mol. The molecule has 8 nitrogen and oxygen atoms in total. The summed E-state index contributed by atoms with van der Waals surface area (Å²) < 4.78 is 41.2. The average molecular weight is 489 g/mol. The number of anilines is 4. The Morgan fingerprint density at radius 2 is 1.89 bits per heavy atom. The second-order valence-electron chi connectivity index (χ2n) is 8.72. The number of carbonyl (C=O) groups excluding carboxylic acids is 2. The first-order valence-corrected chi connectivity index (χ1v) is 11.5. The number of halogens is 3. The van der Waals surface area contributed by atoms with Crippen molar-refractivity contribution in [2.75, 3.05) is 29.0 Å². The number of nitrogens with one attached hydrogen (secondary N) is 3. The summed E-state index contributed by atoms with van der Waals surface area (Å²) in [7, 11) is 0. The van der Waals surface area contributed by atoms with Gasteiger partial charge in [0, 0.05) is 38.3 Å². The summed E-state index contributed by atoms with van der Waals surface area (Å²) in [6.07, 6.45) is 1.88. The van der Waals surface area contributed by atoms with Crippen LogP contribution in [0.15, 0.2) is 42.1 Å². The number of nitrogens with zero attached hydrogens (tertiary/aromatic N) is 3. The lowest BCUT2D eigenvalue weighted by atomic mass is 9.92. The minimum Gasteiger partial charge on any atom is -0.350 e. The number of allylic oxidation sites excluding steroid dienone is 1. The van der Waals surface area contributed by atoms with Gasteiger partial charge in [0.2, 0.25) is 17.8 Å². The summed E-state index contributed by atoms with van der Waals surface area (Å²) in [6, 6.07) is 6.31. The van der Waals surface area contributed by atoms with Crippen molar-refractivity contribution in [2.24, 2.45) is 0 Å². The summed E-state index contributed by atoms with van der Waals surface area (Å²) in [5.41, 5.74) is 0.613. The van der Waals surface area contributed by atoms with E-state index in [1.165, 1.54) is 13.0 Å². The first-order valence-electron chi connectivity index (χ1n) is 11.5. The zero-order valence-corrected chi connectivity index (χ0v) is 19.3. The Labute approximate surface area is 201 Å². The van der Waals surface area contributed by atoms with E-state index in [1.807, 2.05) is 0 Å². The predicted octanol–water partition coefficient (Wildman–Crippen LogP) is 4.71. The monoisotopic (exact) mass is 488 g/mol. The van der Waals surface area contributed by atoms with Crippen molar-refractivity contribution in [3.63, 3.8) is 0 Å². The minimum atomic E-state index is -4.69. The number of likely N-dealkylation sites (tertiary alicyclic amines) is 1. The van der Waals surface area contributed by atoms with E-state index >= 15 is 0 Å². The third kappa shape index (κ3) is 6.28. The summed E-state index contributed by atoms with van der Waals surface area (Å²) >= 11 is 0. The van der Waals surface area contributed by atoms with Crippen molar-refractivity contribution in [3.8, 4) is 0 Å². The number of hydrogen-bond acceptors (Lipinski definition) is 6. The number of hydrogen-bond donors (Lipinski definition) is 3. The maximum absolute atomic E-state index is 13.7. The molecule has 2 amide bonds. The zero-order chi connectivity index (χ0) is 25.0. The molecule has 1 atom stereocenters. The van der Waals surface area contributed by atoms with Crippen molar-refractivity contribution in [2.45, 2.75) is 51.2 Å². The lowest BCUT2D eigenvalue weighted by Crippen LogP contribution is -2.44. The molecule has 0 radical (unpaired) electrons. The molecular formula is C24H27F3N6O2. The number of amides is 2. The Hall–Kier alpha value is -3.63. The van der Waals surface area contributed by atoms with Crippen LogP contribution in [0.4, 0.5) is 36.3 Å². The highest BCUT2D eigenvalue weighted by Gasteiger charge is 2.36. The van der Waals surface area contributed by atoms with Gasteiger partial charge in [0.25, 0.3) is 0 Å². The molecule has 0 bridgehead atoms. The Balaban J connectivity index is 1.56.